The van der Waals surface area contributed by atoms with Crippen LogP contribution in [0.1, 0.15) is 19.8 Å². The number of carbonyl (C=O) groups excluding carboxylic acids is 1. The molecule has 0 aromatic rings. The van der Waals surface area contributed by atoms with Gasteiger partial charge in [0.1, 0.15) is 0 Å². The second-order valence-electron chi connectivity index (χ2n) is 1.91. The Morgan fingerprint density at radius 3 is 2.30 bits per heavy atom. The minimum Gasteiger partial charge on any atom is -0.274 e. The summed E-state index contributed by atoms with van der Waals surface area (Å²) in [5, 5.41) is 0. The molecule has 0 aromatic carbocycles. The predicted molar refractivity (Wildman–Crippen MR) is 38.0 cm³/mol. The molecule has 0 spiro atoms. The number of thiol groups is 1. The van der Waals surface area contributed by atoms with Gasteiger partial charge in [0.15, 0.2) is 0 Å². The van der Waals surface area contributed by atoms with E-state index in [0.29, 0.717) is 12.8 Å². The Bertz CT molecular complexity index is 179. The summed E-state index contributed by atoms with van der Waals surface area (Å²) in [5.41, 5.74) is 0. The summed E-state index contributed by atoms with van der Waals surface area (Å²) >= 11 is 0. The van der Waals surface area contributed by atoms with E-state index in [1.165, 1.54) is 7.05 Å². The molecule has 0 heterocycles. The van der Waals surface area contributed by atoms with Crippen LogP contribution in [-0.2, 0) is 15.7 Å². The van der Waals surface area contributed by atoms with Crippen LogP contribution < -0.4 is 0 Å². The molecule has 0 rings (SSSR count). The van der Waals surface area contributed by atoms with Gasteiger partial charge in [0.25, 0.3) is 0 Å². The molecule has 0 aliphatic carbocycles. The quantitative estimate of drug-likeness (QED) is 0.588. The highest BCUT2D eigenvalue weighted by Gasteiger charge is 2.07. The van der Waals surface area contributed by atoms with Gasteiger partial charge in [-0.05, 0) is 6.42 Å². The van der Waals surface area contributed by atoms with E-state index in [2.05, 4.69) is 0 Å². The lowest BCUT2D eigenvalue weighted by Crippen LogP contribution is -2.24. The fourth-order valence-electron chi connectivity index (χ4n) is 0.467. The first-order chi connectivity index (χ1) is 4.59. The summed E-state index contributed by atoms with van der Waals surface area (Å²) in [6.45, 7) is 1.82. The molecular weight excluding hydrogens is 154 g/mol. The van der Waals surface area contributed by atoms with Gasteiger partial charge >= 0.3 is 0 Å². The highest BCUT2D eigenvalue weighted by Crippen LogP contribution is 1.93. The Hall–Kier alpha value is -0.580. The summed E-state index contributed by atoms with van der Waals surface area (Å²) in [7, 11) is -1.48. The zero-order valence-electron chi connectivity index (χ0n) is 6.03. The maximum atomic E-state index is 10.7. The monoisotopic (exact) mass is 165 g/mol. The minimum atomic E-state index is -2.73. The van der Waals surface area contributed by atoms with E-state index in [-0.39, 0.29) is 5.91 Å². The van der Waals surface area contributed by atoms with Gasteiger partial charge in [-0.25, -0.2) is 12.7 Å². The van der Waals surface area contributed by atoms with Crippen LogP contribution in [0.5, 0.6) is 0 Å². The largest absolute Gasteiger partial charge is 0.274 e. The number of amides is 1. The number of carbonyl (C=O) groups is 1. The first-order valence-electron chi connectivity index (χ1n) is 3.00. The van der Waals surface area contributed by atoms with Crippen LogP contribution in [0, 0.1) is 0 Å². The fraction of sp³-hybridized carbons (Fsp3) is 0.800. The van der Waals surface area contributed by atoms with Gasteiger partial charge in [-0.1, -0.05) is 6.92 Å². The maximum Gasteiger partial charge on any atom is 0.235 e. The van der Waals surface area contributed by atoms with Crippen molar-refractivity contribution in [2.24, 2.45) is 0 Å². The molecule has 4 nitrogen and oxygen atoms in total. The fourth-order valence-corrected chi connectivity index (χ4v) is 0.749. The van der Waals surface area contributed by atoms with Gasteiger partial charge in [-0.15, -0.1) is 0 Å². The molecule has 0 saturated heterocycles. The van der Waals surface area contributed by atoms with E-state index >= 15 is 0 Å². The highest BCUT2D eigenvalue weighted by atomic mass is 32.2. The predicted octanol–water partition coefficient (Wildman–Crippen LogP) is -0.229. The Balaban J connectivity index is 3.95. The molecule has 0 radical (unpaired) electrons. The van der Waals surface area contributed by atoms with Crippen molar-refractivity contribution in [1.29, 1.82) is 0 Å². The molecule has 60 valence electrons. The van der Waals surface area contributed by atoms with Gasteiger partial charge in [-0.2, -0.15) is 0 Å². The third kappa shape index (κ3) is 2.82. The van der Waals surface area contributed by atoms with E-state index in [4.69, 9.17) is 0 Å². The second-order valence-corrected chi connectivity index (χ2v) is 2.98. The van der Waals surface area contributed by atoms with Crippen molar-refractivity contribution in [3.05, 3.63) is 0 Å². The van der Waals surface area contributed by atoms with Crippen LogP contribution in [0.15, 0.2) is 0 Å². The van der Waals surface area contributed by atoms with Crippen molar-refractivity contribution in [3.8, 4) is 0 Å². The van der Waals surface area contributed by atoms with Crippen molar-refractivity contribution in [2.75, 3.05) is 7.05 Å². The van der Waals surface area contributed by atoms with Gasteiger partial charge in [-0.3, -0.25) is 4.79 Å². The molecule has 0 aliphatic heterocycles. The second kappa shape index (κ2) is 4.27. The summed E-state index contributed by atoms with van der Waals surface area (Å²) in [5.74, 6) is -0.349. The first kappa shape index (κ1) is 9.42. The van der Waals surface area contributed by atoms with Crippen LogP contribution >= 0.6 is 0 Å². The molecule has 0 atom stereocenters. The summed E-state index contributed by atoms with van der Waals surface area (Å²) in [6.07, 6.45) is 0.964. The molecular formula is C5H11NO3S. The first-order valence-corrected chi connectivity index (χ1v) is 4.13. The van der Waals surface area contributed by atoms with Gasteiger partial charge in [0.05, 0.1) is 0 Å². The summed E-state index contributed by atoms with van der Waals surface area (Å²) in [4.78, 5) is 10.7. The lowest BCUT2D eigenvalue weighted by molar-refractivity contribution is -0.125. The molecule has 0 fully saturated rings. The normalized spacial score (nSPS) is 9.90. The molecule has 10 heavy (non-hydrogen) atoms. The van der Waals surface area contributed by atoms with E-state index in [1.54, 1.807) is 0 Å². The van der Waals surface area contributed by atoms with Gasteiger partial charge in [0, 0.05) is 13.5 Å². The third-order valence-corrected chi connectivity index (χ3v) is 1.78. The van der Waals surface area contributed by atoms with E-state index in [9.17, 15) is 13.2 Å². The zero-order valence-corrected chi connectivity index (χ0v) is 6.93. The van der Waals surface area contributed by atoms with Gasteiger partial charge < -0.3 is 0 Å². The summed E-state index contributed by atoms with van der Waals surface area (Å²) < 4.78 is 21.1. The van der Waals surface area contributed by atoms with Crippen LogP contribution in [-0.4, -0.2) is 25.7 Å². The van der Waals surface area contributed by atoms with Crippen molar-refractivity contribution in [2.45, 2.75) is 19.8 Å². The lowest BCUT2D eigenvalue weighted by atomic mass is 10.3. The minimum absolute atomic E-state index is 0.291. The molecule has 0 aliphatic rings. The highest BCUT2D eigenvalue weighted by molar-refractivity contribution is 7.70. The Morgan fingerprint density at radius 2 is 2.00 bits per heavy atom. The average molecular weight is 165 g/mol. The lowest BCUT2D eigenvalue weighted by Gasteiger charge is -2.06. The van der Waals surface area contributed by atoms with Crippen molar-refractivity contribution in [1.82, 2.24) is 4.31 Å². The SMILES string of the molecule is CCCC(=O)N(C)[SH](=O)=O. The van der Waals surface area contributed by atoms with Crippen molar-refractivity contribution >= 4 is 16.8 Å². The molecule has 0 aromatic heterocycles. The zero-order chi connectivity index (χ0) is 8.15. The maximum absolute atomic E-state index is 10.7. The van der Waals surface area contributed by atoms with Crippen molar-refractivity contribution < 1.29 is 13.2 Å². The molecule has 0 bridgehead atoms. The molecule has 0 N–H and O–H groups in total. The average Bonchev–Trinajstić information content (AvgIpc) is 1.87. The smallest absolute Gasteiger partial charge is 0.235 e. The van der Waals surface area contributed by atoms with E-state index in [1.807, 2.05) is 6.92 Å². The molecule has 0 saturated carbocycles. The number of hydrogen-bond donors (Lipinski definition) is 1. The number of nitrogens with zero attached hydrogens (tertiary/aromatic N) is 1. The van der Waals surface area contributed by atoms with Crippen LogP contribution in [0.2, 0.25) is 0 Å². The number of rotatable bonds is 3. The van der Waals surface area contributed by atoms with Crippen LogP contribution in [0.3, 0.4) is 0 Å². The van der Waals surface area contributed by atoms with Crippen molar-refractivity contribution in [3.63, 3.8) is 0 Å². The number of hydrogen-bond acceptors (Lipinski definition) is 3. The molecule has 0 unspecified atom stereocenters. The standard InChI is InChI=1S/C5H11NO3S/c1-3-4-5(7)6(2)10(8)9/h10H,3-4H2,1-2H3. The topological polar surface area (TPSA) is 54.5 Å². The molecule has 1 amide bonds. The Kier molecular flexibility index (Phi) is 4.02. The van der Waals surface area contributed by atoms with E-state index in [0.717, 1.165) is 4.31 Å². The van der Waals surface area contributed by atoms with Crippen LogP contribution in [0.4, 0.5) is 0 Å². The van der Waals surface area contributed by atoms with Crippen LogP contribution in [0.25, 0.3) is 0 Å². The Morgan fingerprint density at radius 1 is 1.50 bits per heavy atom. The molecule has 5 heteroatoms. The van der Waals surface area contributed by atoms with E-state index < -0.39 is 10.9 Å². The third-order valence-electron chi connectivity index (χ3n) is 1.07. The summed E-state index contributed by atoms with van der Waals surface area (Å²) in [6, 6.07) is 0. The Labute approximate surface area is 61.9 Å². The van der Waals surface area contributed by atoms with Gasteiger partial charge in [0.2, 0.25) is 16.8 Å².